The maximum atomic E-state index is 13.2. The number of carboxylic acid groups (broad SMARTS) is 1. The van der Waals surface area contributed by atoms with Gasteiger partial charge in [0.25, 0.3) is 0 Å². The number of carboxylic acids is 1. The van der Waals surface area contributed by atoms with Gasteiger partial charge in [-0.05, 0) is 22.4 Å². The Morgan fingerprint density at radius 3 is 2.78 bits per heavy atom. The quantitative estimate of drug-likeness (QED) is 0.494. The molecule has 0 spiro atoms. The van der Waals surface area contributed by atoms with Crippen molar-refractivity contribution in [3.63, 3.8) is 0 Å². The lowest BCUT2D eigenvalue weighted by atomic mass is 10.3. The van der Waals surface area contributed by atoms with E-state index < -0.39 is 16.7 Å². The summed E-state index contributed by atoms with van der Waals surface area (Å²) in [5.41, 5.74) is -0.376. The summed E-state index contributed by atoms with van der Waals surface area (Å²) < 4.78 is 18.2. The predicted molar refractivity (Wildman–Crippen MR) is 63.1 cm³/mol. The summed E-state index contributed by atoms with van der Waals surface area (Å²) in [5, 5.41) is 19.1. The highest BCUT2D eigenvalue weighted by atomic mass is 79.9. The molecule has 0 saturated heterocycles. The van der Waals surface area contributed by atoms with Gasteiger partial charge in [0.15, 0.2) is 5.75 Å². The molecule has 0 radical (unpaired) electrons. The van der Waals surface area contributed by atoms with Crippen LogP contribution in [0, 0.1) is 15.9 Å². The molecule has 0 atom stereocenters. The van der Waals surface area contributed by atoms with Gasteiger partial charge in [0.2, 0.25) is 0 Å². The number of nitrogens with zero attached hydrogens (tertiary/aromatic N) is 1. The lowest BCUT2D eigenvalue weighted by molar-refractivity contribution is -0.386. The zero-order valence-electron chi connectivity index (χ0n) is 9.06. The molecule has 0 aliphatic carbocycles. The minimum Gasteiger partial charge on any atom is -0.487 e. The van der Waals surface area contributed by atoms with E-state index in [0.717, 1.165) is 12.1 Å². The van der Waals surface area contributed by atoms with Crippen molar-refractivity contribution in [3.05, 3.63) is 32.5 Å². The third-order valence-corrected chi connectivity index (χ3v) is 2.60. The second-order valence-corrected chi connectivity index (χ2v) is 4.19. The maximum Gasteiger partial charge on any atom is 0.312 e. The third-order valence-electron chi connectivity index (χ3n) is 1.99. The van der Waals surface area contributed by atoms with Gasteiger partial charge < -0.3 is 9.84 Å². The number of hydrogen-bond acceptors (Lipinski definition) is 4. The van der Waals surface area contributed by atoms with E-state index in [1.54, 1.807) is 0 Å². The first-order valence-electron chi connectivity index (χ1n) is 4.90. The van der Waals surface area contributed by atoms with Crippen molar-refractivity contribution in [2.24, 2.45) is 0 Å². The zero-order chi connectivity index (χ0) is 13.7. The molecular formula is C10H9BrFNO5. The molecule has 1 aromatic rings. The minimum absolute atomic E-state index is 0.0335. The second-order valence-electron chi connectivity index (χ2n) is 3.34. The van der Waals surface area contributed by atoms with Gasteiger partial charge >= 0.3 is 11.7 Å². The Bertz CT molecular complexity index is 480. The first-order valence-corrected chi connectivity index (χ1v) is 5.69. The van der Waals surface area contributed by atoms with Crippen LogP contribution >= 0.6 is 15.9 Å². The first-order chi connectivity index (χ1) is 8.41. The molecule has 0 heterocycles. The van der Waals surface area contributed by atoms with Crippen LogP contribution in [0.15, 0.2) is 16.6 Å². The molecule has 0 saturated carbocycles. The number of carbonyl (C=O) groups is 1. The molecule has 1 aromatic carbocycles. The van der Waals surface area contributed by atoms with Crippen molar-refractivity contribution in [1.82, 2.24) is 0 Å². The van der Waals surface area contributed by atoms with Crippen LogP contribution in [-0.4, -0.2) is 22.6 Å². The van der Waals surface area contributed by atoms with Crippen LogP contribution in [0.4, 0.5) is 10.1 Å². The fraction of sp³-hybridized carbons (Fsp3) is 0.300. The summed E-state index contributed by atoms with van der Waals surface area (Å²) in [6, 6.07) is 1.89. The van der Waals surface area contributed by atoms with Crippen LogP contribution in [0.25, 0.3) is 0 Å². The normalized spacial score (nSPS) is 10.1. The van der Waals surface area contributed by atoms with Crippen LogP contribution in [0.2, 0.25) is 0 Å². The van der Waals surface area contributed by atoms with Gasteiger partial charge in [0.05, 0.1) is 16.0 Å². The fourth-order valence-corrected chi connectivity index (χ4v) is 1.51. The molecule has 0 fully saturated rings. The molecule has 0 aliphatic heterocycles. The summed E-state index contributed by atoms with van der Waals surface area (Å²) >= 11 is 2.84. The third kappa shape index (κ3) is 3.95. The van der Waals surface area contributed by atoms with Crippen LogP contribution in [0.3, 0.4) is 0 Å². The van der Waals surface area contributed by atoms with Crippen LogP contribution < -0.4 is 4.74 Å². The van der Waals surface area contributed by atoms with E-state index in [4.69, 9.17) is 9.84 Å². The van der Waals surface area contributed by atoms with Crippen molar-refractivity contribution >= 4 is 27.6 Å². The molecule has 0 bridgehead atoms. The number of nitro benzene ring substituents is 1. The Morgan fingerprint density at radius 1 is 1.56 bits per heavy atom. The predicted octanol–water partition coefficient (Wildman–Crippen LogP) is 2.74. The monoisotopic (exact) mass is 321 g/mol. The molecule has 98 valence electrons. The minimum atomic E-state index is -0.991. The van der Waals surface area contributed by atoms with Gasteiger partial charge in [-0.25, -0.2) is 4.39 Å². The summed E-state index contributed by atoms with van der Waals surface area (Å²) in [4.78, 5) is 20.3. The van der Waals surface area contributed by atoms with E-state index in [-0.39, 0.29) is 35.4 Å². The molecule has 1 rings (SSSR count). The Labute approximate surface area is 110 Å². The number of rotatable bonds is 6. The Hall–Kier alpha value is -1.70. The summed E-state index contributed by atoms with van der Waals surface area (Å²) in [6.45, 7) is -0.0335. The fourth-order valence-electron chi connectivity index (χ4n) is 1.18. The van der Waals surface area contributed by atoms with E-state index in [2.05, 4.69) is 15.9 Å². The topological polar surface area (TPSA) is 89.7 Å². The highest BCUT2D eigenvalue weighted by molar-refractivity contribution is 9.10. The van der Waals surface area contributed by atoms with Gasteiger partial charge in [-0.1, -0.05) is 0 Å². The smallest absolute Gasteiger partial charge is 0.312 e. The molecule has 0 unspecified atom stereocenters. The first kappa shape index (κ1) is 14.4. The highest BCUT2D eigenvalue weighted by Gasteiger charge is 2.18. The molecule has 0 aromatic heterocycles. The number of nitro groups is 1. The van der Waals surface area contributed by atoms with Crippen molar-refractivity contribution in [2.45, 2.75) is 12.8 Å². The van der Waals surface area contributed by atoms with E-state index >= 15 is 0 Å². The Kier molecular flexibility index (Phi) is 5.02. The maximum absolute atomic E-state index is 13.2. The van der Waals surface area contributed by atoms with Crippen molar-refractivity contribution in [1.29, 1.82) is 0 Å². The van der Waals surface area contributed by atoms with E-state index in [1.807, 2.05) is 0 Å². The summed E-state index contributed by atoms with van der Waals surface area (Å²) in [5.74, 6) is -1.89. The summed E-state index contributed by atoms with van der Waals surface area (Å²) in [7, 11) is 0. The lowest BCUT2D eigenvalue weighted by Crippen LogP contribution is -2.04. The van der Waals surface area contributed by atoms with Crippen LogP contribution in [0.5, 0.6) is 5.75 Å². The molecule has 18 heavy (non-hydrogen) atoms. The number of benzene rings is 1. The number of halogens is 2. The summed E-state index contributed by atoms with van der Waals surface area (Å²) in [6.07, 6.45) is 0.0664. The van der Waals surface area contributed by atoms with Crippen LogP contribution in [0.1, 0.15) is 12.8 Å². The van der Waals surface area contributed by atoms with Gasteiger partial charge in [-0.3, -0.25) is 14.9 Å². The lowest BCUT2D eigenvalue weighted by Gasteiger charge is -2.06. The van der Waals surface area contributed by atoms with Gasteiger partial charge in [-0.15, -0.1) is 0 Å². The molecule has 6 nitrogen and oxygen atoms in total. The van der Waals surface area contributed by atoms with Crippen molar-refractivity contribution < 1.29 is 24.0 Å². The van der Waals surface area contributed by atoms with E-state index in [9.17, 15) is 19.3 Å². The zero-order valence-corrected chi connectivity index (χ0v) is 10.6. The van der Waals surface area contributed by atoms with E-state index in [1.165, 1.54) is 0 Å². The van der Waals surface area contributed by atoms with E-state index in [0.29, 0.717) is 0 Å². The van der Waals surface area contributed by atoms with Crippen molar-refractivity contribution in [2.75, 3.05) is 6.61 Å². The SMILES string of the molecule is O=C(O)CCCOc1cc(F)c(Br)cc1[N+](=O)[O-]. The largest absolute Gasteiger partial charge is 0.487 e. The van der Waals surface area contributed by atoms with Gasteiger partial charge in [-0.2, -0.15) is 0 Å². The standard InChI is InChI=1S/C10H9BrFNO5/c11-6-4-8(13(16)17)9(5-7(6)12)18-3-1-2-10(14)15/h4-5H,1-3H2,(H,14,15). The Balaban J connectivity index is 2.77. The number of ether oxygens (including phenoxy) is 1. The number of aliphatic carboxylic acids is 1. The highest BCUT2D eigenvalue weighted by Crippen LogP contribution is 2.32. The molecule has 8 heteroatoms. The average Bonchev–Trinajstić information content (AvgIpc) is 2.28. The second kappa shape index (κ2) is 6.29. The van der Waals surface area contributed by atoms with Gasteiger partial charge in [0, 0.05) is 18.6 Å². The Morgan fingerprint density at radius 2 is 2.22 bits per heavy atom. The molecule has 0 amide bonds. The van der Waals surface area contributed by atoms with Crippen LogP contribution in [-0.2, 0) is 4.79 Å². The molecular weight excluding hydrogens is 313 g/mol. The van der Waals surface area contributed by atoms with Crippen molar-refractivity contribution in [3.8, 4) is 5.75 Å². The number of hydrogen-bond donors (Lipinski definition) is 1. The molecule has 1 N–H and O–H groups in total. The van der Waals surface area contributed by atoms with Gasteiger partial charge in [0.1, 0.15) is 5.82 Å². The molecule has 0 aliphatic rings. The average molecular weight is 322 g/mol.